The van der Waals surface area contributed by atoms with E-state index in [1.807, 2.05) is 12.1 Å². The van der Waals surface area contributed by atoms with Gasteiger partial charge in [0.1, 0.15) is 5.82 Å². The highest BCUT2D eigenvalue weighted by Crippen LogP contribution is 2.22. The van der Waals surface area contributed by atoms with Crippen LogP contribution in [0.15, 0.2) is 57.8 Å². The standard InChI is InChI=1S/C13H9ClFNS/c14-11-7-5-10(6-8-11)9-16-17-13-4-2-1-3-12(13)15/h1-9H/b16-9+. The predicted molar refractivity (Wildman–Crippen MR) is 71.3 cm³/mol. The average molecular weight is 266 g/mol. The van der Waals surface area contributed by atoms with E-state index < -0.39 is 0 Å². The van der Waals surface area contributed by atoms with Gasteiger partial charge in [0, 0.05) is 23.2 Å². The van der Waals surface area contributed by atoms with Gasteiger partial charge in [0.15, 0.2) is 0 Å². The zero-order valence-electron chi connectivity index (χ0n) is 8.81. The molecule has 0 bridgehead atoms. The molecule has 0 fully saturated rings. The molecule has 0 aliphatic heterocycles. The van der Waals surface area contributed by atoms with Gasteiger partial charge in [0.25, 0.3) is 0 Å². The summed E-state index contributed by atoms with van der Waals surface area (Å²) in [6.07, 6.45) is 1.67. The van der Waals surface area contributed by atoms with Crippen LogP contribution in [0.3, 0.4) is 0 Å². The van der Waals surface area contributed by atoms with Crippen LogP contribution in [0.25, 0.3) is 0 Å². The molecule has 0 spiro atoms. The van der Waals surface area contributed by atoms with Crippen molar-refractivity contribution in [2.24, 2.45) is 4.40 Å². The van der Waals surface area contributed by atoms with Crippen molar-refractivity contribution in [3.8, 4) is 0 Å². The Labute approximate surface area is 108 Å². The minimum Gasteiger partial charge on any atom is -0.219 e. The Balaban J connectivity index is 2.03. The number of nitrogens with zero attached hydrogens (tertiary/aromatic N) is 1. The van der Waals surface area contributed by atoms with Crippen LogP contribution < -0.4 is 0 Å². The van der Waals surface area contributed by atoms with Gasteiger partial charge < -0.3 is 0 Å². The highest BCUT2D eigenvalue weighted by molar-refractivity contribution is 7.98. The molecule has 0 N–H and O–H groups in total. The molecule has 0 radical (unpaired) electrons. The first kappa shape index (κ1) is 12.1. The third-order valence-corrected chi connectivity index (χ3v) is 3.05. The minimum atomic E-state index is -0.259. The van der Waals surface area contributed by atoms with Crippen molar-refractivity contribution in [3.05, 3.63) is 64.9 Å². The Hall–Kier alpha value is -1.32. The molecule has 0 heterocycles. The van der Waals surface area contributed by atoms with Gasteiger partial charge >= 0.3 is 0 Å². The van der Waals surface area contributed by atoms with E-state index in [4.69, 9.17) is 11.6 Å². The van der Waals surface area contributed by atoms with Gasteiger partial charge in [-0.1, -0.05) is 35.9 Å². The molecule has 0 aromatic heterocycles. The topological polar surface area (TPSA) is 12.4 Å². The van der Waals surface area contributed by atoms with E-state index in [9.17, 15) is 4.39 Å². The molecule has 0 saturated heterocycles. The van der Waals surface area contributed by atoms with Crippen molar-refractivity contribution in [1.29, 1.82) is 0 Å². The Morgan fingerprint density at radius 3 is 2.47 bits per heavy atom. The number of benzene rings is 2. The van der Waals surface area contributed by atoms with Crippen molar-refractivity contribution in [3.63, 3.8) is 0 Å². The molecule has 0 unspecified atom stereocenters. The van der Waals surface area contributed by atoms with E-state index in [-0.39, 0.29) is 5.82 Å². The third kappa shape index (κ3) is 3.58. The van der Waals surface area contributed by atoms with Crippen LogP contribution in [0, 0.1) is 5.82 Å². The minimum absolute atomic E-state index is 0.259. The van der Waals surface area contributed by atoms with Crippen LogP contribution in [0.5, 0.6) is 0 Å². The van der Waals surface area contributed by atoms with Gasteiger partial charge in [-0.05, 0) is 29.8 Å². The van der Waals surface area contributed by atoms with Gasteiger partial charge in [-0.25, -0.2) is 8.79 Å². The second kappa shape index (κ2) is 5.84. The maximum atomic E-state index is 13.3. The monoisotopic (exact) mass is 265 g/mol. The molecule has 0 aliphatic carbocycles. The van der Waals surface area contributed by atoms with Crippen LogP contribution in [0.2, 0.25) is 5.02 Å². The summed E-state index contributed by atoms with van der Waals surface area (Å²) in [5.41, 5.74) is 0.929. The summed E-state index contributed by atoms with van der Waals surface area (Å²) in [6.45, 7) is 0. The Morgan fingerprint density at radius 1 is 1.06 bits per heavy atom. The van der Waals surface area contributed by atoms with Crippen LogP contribution >= 0.6 is 23.5 Å². The quantitative estimate of drug-likeness (QED) is 0.583. The predicted octanol–water partition coefficient (Wildman–Crippen LogP) is 4.61. The summed E-state index contributed by atoms with van der Waals surface area (Å²) in [4.78, 5) is 0.512. The zero-order valence-corrected chi connectivity index (χ0v) is 10.4. The molecule has 2 aromatic carbocycles. The number of rotatable bonds is 3. The number of hydrogen-bond donors (Lipinski definition) is 0. The maximum absolute atomic E-state index is 13.3. The fourth-order valence-electron chi connectivity index (χ4n) is 1.21. The average Bonchev–Trinajstić information content (AvgIpc) is 2.34. The summed E-state index contributed by atoms with van der Waals surface area (Å²) in [7, 11) is 0. The lowest BCUT2D eigenvalue weighted by atomic mass is 10.2. The fraction of sp³-hybridized carbons (Fsp3) is 0. The van der Waals surface area contributed by atoms with Crippen LogP contribution in [0.4, 0.5) is 4.39 Å². The van der Waals surface area contributed by atoms with E-state index in [0.717, 1.165) is 17.5 Å². The molecule has 17 heavy (non-hydrogen) atoms. The normalized spacial score (nSPS) is 10.9. The highest BCUT2D eigenvalue weighted by Gasteiger charge is 1.98. The molecule has 0 aliphatic rings. The van der Waals surface area contributed by atoms with Gasteiger partial charge in [0.2, 0.25) is 0 Å². The molecule has 0 atom stereocenters. The van der Waals surface area contributed by atoms with Crippen molar-refractivity contribution in [2.45, 2.75) is 4.90 Å². The van der Waals surface area contributed by atoms with Crippen molar-refractivity contribution >= 4 is 29.8 Å². The SMILES string of the molecule is Fc1ccccc1S/N=C/c1ccc(Cl)cc1. The number of hydrogen-bond acceptors (Lipinski definition) is 2. The lowest BCUT2D eigenvalue weighted by molar-refractivity contribution is 0.602. The van der Waals surface area contributed by atoms with E-state index in [1.54, 1.807) is 36.5 Å². The summed E-state index contributed by atoms with van der Waals surface area (Å²) in [6, 6.07) is 13.8. The van der Waals surface area contributed by atoms with Crippen LogP contribution in [-0.4, -0.2) is 6.21 Å². The Morgan fingerprint density at radius 2 is 1.76 bits per heavy atom. The zero-order chi connectivity index (χ0) is 12.1. The van der Waals surface area contributed by atoms with E-state index in [0.29, 0.717) is 9.92 Å². The molecule has 2 aromatic rings. The van der Waals surface area contributed by atoms with E-state index in [1.165, 1.54) is 6.07 Å². The molecule has 86 valence electrons. The first-order chi connectivity index (χ1) is 8.25. The summed E-state index contributed by atoms with van der Waals surface area (Å²) >= 11 is 6.87. The second-order valence-corrected chi connectivity index (χ2v) is 4.58. The smallest absolute Gasteiger partial charge is 0.138 e. The van der Waals surface area contributed by atoms with Crippen LogP contribution in [-0.2, 0) is 0 Å². The largest absolute Gasteiger partial charge is 0.219 e. The summed E-state index contributed by atoms with van der Waals surface area (Å²) in [5, 5.41) is 0.684. The lowest BCUT2D eigenvalue weighted by Crippen LogP contribution is -1.80. The summed E-state index contributed by atoms with van der Waals surface area (Å²) < 4.78 is 17.4. The molecule has 0 saturated carbocycles. The Kier molecular flexibility index (Phi) is 4.18. The van der Waals surface area contributed by atoms with Gasteiger partial charge in [-0.15, -0.1) is 0 Å². The van der Waals surface area contributed by atoms with Gasteiger partial charge in [-0.2, -0.15) is 0 Å². The number of halogens is 2. The molecule has 4 heteroatoms. The van der Waals surface area contributed by atoms with Crippen molar-refractivity contribution < 1.29 is 4.39 Å². The van der Waals surface area contributed by atoms with E-state index >= 15 is 0 Å². The molecular weight excluding hydrogens is 257 g/mol. The van der Waals surface area contributed by atoms with Gasteiger partial charge in [0.05, 0.1) is 4.90 Å². The molecular formula is C13H9ClFNS. The van der Waals surface area contributed by atoms with Crippen LogP contribution in [0.1, 0.15) is 5.56 Å². The molecule has 0 amide bonds. The molecule has 2 rings (SSSR count). The van der Waals surface area contributed by atoms with Gasteiger partial charge in [-0.3, -0.25) is 0 Å². The third-order valence-electron chi connectivity index (χ3n) is 2.06. The first-order valence-corrected chi connectivity index (χ1v) is 6.11. The molecule has 1 nitrogen and oxygen atoms in total. The first-order valence-electron chi connectivity index (χ1n) is 4.96. The maximum Gasteiger partial charge on any atom is 0.138 e. The second-order valence-electron chi connectivity index (χ2n) is 3.31. The van der Waals surface area contributed by atoms with Crippen molar-refractivity contribution in [2.75, 3.05) is 0 Å². The lowest BCUT2D eigenvalue weighted by Gasteiger charge is -1.96. The summed E-state index contributed by atoms with van der Waals surface area (Å²) in [5.74, 6) is -0.259. The fourth-order valence-corrected chi connectivity index (χ4v) is 1.92. The van der Waals surface area contributed by atoms with E-state index in [2.05, 4.69) is 4.40 Å². The highest BCUT2D eigenvalue weighted by atomic mass is 35.5. The van der Waals surface area contributed by atoms with Crippen molar-refractivity contribution in [1.82, 2.24) is 0 Å². The Bertz CT molecular complexity index is 525.